The van der Waals surface area contributed by atoms with Crippen LogP contribution in [-0.2, 0) is 6.42 Å². The Morgan fingerprint density at radius 2 is 1.85 bits per heavy atom. The molecule has 0 bridgehead atoms. The van der Waals surface area contributed by atoms with E-state index in [-0.39, 0.29) is 10.9 Å². The van der Waals surface area contributed by atoms with Crippen molar-refractivity contribution in [1.29, 1.82) is 0 Å². The Kier molecular flexibility index (Phi) is 7.32. The van der Waals surface area contributed by atoms with Crippen LogP contribution in [0, 0.1) is 0 Å². The minimum Gasteiger partial charge on any atom is -0.541 e. The molecule has 1 N–H and O–H groups in total. The van der Waals surface area contributed by atoms with E-state index in [1.807, 2.05) is 48.6 Å². The lowest BCUT2D eigenvalue weighted by molar-refractivity contribution is 0.386. The molecule has 3 aromatic rings. The number of hydrogen-bond donors (Lipinski definition) is 1. The molecule has 0 spiro atoms. The molecule has 0 radical (unpaired) electrons. The number of methoxy groups -OCH3 is 1. The van der Waals surface area contributed by atoms with Crippen LogP contribution in [0.4, 0.5) is 0 Å². The van der Waals surface area contributed by atoms with Gasteiger partial charge in [-0.25, -0.2) is 4.98 Å². The monoisotopic (exact) mass is 465 g/mol. The van der Waals surface area contributed by atoms with Gasteiger partial charge in [-0.15, -0.1) is 0 Å². The Morgan fingerprint density at radius 3 is 2.45 bits per heavy atom. The molecule has 2 aromatic heterocycles. The van der Waals surface area contributed by atoms with Crippen LogP contribution in [0.25, 0.3) is 18.0 Å². The van der Waals surface area contributed by atoms with Gasteiger partial charge in [-0.3, -0.25) is 0 Å². The maximum absolute atomic E-state index is 10.8. The Balaban J connectivity index is 1.92. The zero-order chi connectivity index (χ0) is 24.2. The number of aromatic nitrogens is 3. The van der Waals surface area contributed by atoms with Gasteiger partial charge >= 0.3 is 0 Å². The van der Waals surface area contributed by atoms with E-state index in [1.165, 1.54) is 4.68 Å². The summed E-state index contributed by atoms with van der Waals surface area (Å²) in [5.41, 5.74) is 2.49. The highest BCUT2D eigenvalue weighted by Gasteiger charge is 2.39. The Hall–Kier alpha value is -3.06. The molecule has 2 heterocycles. The lowest BCUT2D eigenvalue weighted by Gasteiger charge is -2.36. The van der Waals surface area contributed by atoms with Crippen LogP contribution in [0.2, 0.25) is 18.1 Å². The summed E-state index contributed by atoms with van der Waals surface area (Å²) in [4.78, 5) is 4.31. The second-order valence-corrected chi connectivity index (χ2v) is 14.4. The highest BCUT2D eigenvalue weighted by atomic mass is 28.4. The largest absolute Gasteiger partial charge is 0.541 e. The fraction of sp³-hybridized carbons (Fsp3) is 0.385. The molecule has 1 aromatic carbocycles. The summed E-state index contributed by atoms with van der Waals surface area (Å²) in [5.74, 6) is 2.19. The summed E-state index contributed by atoms with van der Waals surface area (Å²) < 4.78 is 13.6. The zero-order valence-corrected chi connectivity index (χ0v) is 21.7. The van der Waals surface area contributed by atoms with Gasteiger partial charge in [-0.1, -0.05) is 52.3 Å². The van der Waals surface area contributed by atoms with E-state index in [0.29, 0.717) is 11.6 Å². The fourth-order valence-electron chi connectivity index (χ4n) is 3.20. The van der Waals surface area contributed by atoms with Crippen LogP contribution < -0.4 is 9.16 Å². The number of aromatic hydroxyl groups is 1. The van der Waals surface area contributed by atoms with E-state index in [1.54, 1.807) is 13.3 Å². The van der Waals surface area contributed by atoms with Gasteiger partial charge in [0.05, 0.1) is 12.8 Å². The molecule has 0 saturated heterocycles. The van der Waals surface area contributed by atoms with Gasteiger partial charge in [0.25, 0.3) is 8.32 Å². The van der Waals surface area contributed by atoms with Gasteiger partial charge in [0.1, 0.15) is 5.75 Å². The highest BCUT2D eigenvalue weighted by Crippen LogP contribution is 2.40. The van der Waals surface area contributed by atoms with Gasteiger partial charge in [0.15, 0.2) is 11.6 Å². The number of pyridine rings is 1. The summed E-state index contributed by atoms with van der Waals surface area (Å²) in [6.07, 6.45) is 7.21. The molecule has 33 heavy (non-hydrogen) atoms. The third-order valence-corrected chi connectivity index (χ3v) is 10.5. The second kappa shape index (κ2) is 9.83. The van der Waals surface area contributed by atoms with Crippen molar-refractivity contribution >= 4 is 20.5 Å². The van der Waals surface area contributed by atoms with Gasteiger partial charge < -0.3 is 14.3 Å². The Labute approximate surface area is 198 Å². The van der Waals surface area contributed by atoms with Crippen LogP contribution in [0.3, 0.4) is 0 Å². The topological polar surface area (TPSA) is 69.4 Å². The summed E-state index contributed by atoms with van der Waals surface area (Å²) in [6.45, 7) is 13.2. The average molecular weight is 466 g/mol. The molecule has 0 saturated carbocycles. The van der Waals surface area contributed by atoms with Crippen molar-refractivity contribution in [3.8, 4) is 23.2 Å². The van der Waals surface area contributed by atoms with Crippen LogP contribution in [0.15, 0.2) is 42.6 Å². The second-order valence-electron chi connectivity index (χ2n) is 9.64. The smallest absolute Gasteiger partial charge is 0.250 e. The number of benzene rings is 1. The maximum Gasteiger partial charge on any atom is 0.250 e. The first-order valence-electron chi connectivity index (χ1n) is 11.3. The summed E-state index contributed by atoms with van der Waals surface area (Å²) in [6, 6.07) is 11.5. The van der Waals surface area contributed by atoms with E-state index in [0.717, 1.165) is 35.4 Å². The summed E-state index contributed by atoms with van der Waals surface area (Å²) in [7, 11) is -0.319. The van der Waals surface area contributed by atoms with Crippen molar-refractivity contribution in [3.05, 3.63) is 59.4 Å². The molecule has 0 aliphatic heterocycles. The van der Waals surface area contributed by atoms with Gasteiger partial charge in [0.2, 0.25) is 5.88 Å². The first kappa shape index (κ1) is 24.6. The molecule has 0 fully saturated rings. The molecular weight excluding hydrogens is 430 g/mol. The van der Waals surface area contributed by atoms with E-state index in [4.69, 9.17) is 9.16 Å². The Morgan fingerprint density at radius 1 is 1.09 bits per heavy atom. The van der Waals surface area contributed by atoms with Crippen LogP contribution >= 0.6 is 0 Å². The fourth-order valence-corrected chi connectivity index (χ4v) is 4.22. The summed E-state index contributed by atoms with van der Waals surface area (Å²) >= 11 is 0. The van der Waals surface area contributed by atoms with E-state index < -0.39 is 8.32 Å². The molecule has 0 atom stereocenters. The maximum atomic E-state index is 10.8. The number of nitrogens with zero attached hydrogens (tertiary/aromatic N) is 3. The standard InChI is InChI=1S/C26H35N3O3Si/c1-8-11-20-21(28-29(25(20)30)24-12-9-10-17-27-24)15-13-19-14-16-22(23(18-19)31-5)32-33(6,7)26(2,3)4/h9-10,12-18,30H,8,11H2,1-7H3. The van der Waals surface area contributed by atoms with Crippen molar-refractivity contribution in [2.24, 2.45) is 0 Å². The third kappa shape index (κ3) is 5.47. The molecule has 7 heteroatoms. The molecule has 0 aliphatic carbocycles. The molecule has 176 valence electrons. The van der Waals surface area contributed by atoms with Gasteiger partial charge in [-0.05, 0) is 60.5 Å². The van der Waals surface area contributed by atoms with Crippen LogP contribution in [-0.4, -0.2) is 35.3 Å². The molecule has 0 unspecified atom stereocenters. The summed E-state index contributed by atoms with van der Waals surface area (Å²) in [5, 5.41) is 15.5. The van der Waals surface area contributed by atoms with Crippen molar-refractivity contribution in [1.82, 2.24) is 14.8 Å². The van der Waals surface area contributed by atoms with Gasteiger partial charge in [-0.2, -0.15) is 9.78 Å². The minimum absolute atomic E-state index is 0.0979. The molecule has 3 rings (SSSR count). The number of rotatable bonds is 8. The minimum atomic E-state index is -1.98. The predicted molar refractivity (Wildman–Crippen MR) is 137 cm³/mol. The predicted octanol–water partition coefficient (Wildman–Crippen LogP) is 6.49. The number of hydrogen-bond acceptors (Lipinski definition) is 5. The Bertz CT molecular complexity index is 1120. The van der Waals surface area contributed by atoms with Crippen molar-refractivity contribution in [2.45, 2.75) is 58.7 Å². The normalized spacial score (nSPS) is 12.3. The third-order valence-electron chi connectivity index (χ3n) is 6.15. The molecule has 6 nitrogen and oxygen atoms in total. The lowest BCUT2D eigenvalue weighted by Crippen LogP contribution is -2.43. The molecule has 0 amide bonds. The van der Waals surface area contributed by atoms with E-state index in [9.17, 15) is 5.11 Å². The van der Waals surface area contributed by atoms with Crippen molar-refractivity contribution < 1.29 is 14.3 Å². The quantitative estimate of drug-likeness (QED) is 0.385. The van der Waals surface area contributed by atoms with Crippen molar-refractivity contribution in [2.75, 3.05) is 7.11 Å². The first-order chi connectivity index (χ1) is 15.6. The lowest BCUT2D eigenvalue weighted by atomic mass is 10.1. The average Bonchev–Trinajstić information content (AvgIpc) is 3.08. The molecular formula is C26H35N3O3Si. The van der Waals surface area contributed by atoms with E-state index in [2.05, 4.69) is 50.9 Å². The van der Waals surface area contributed by atoms with Crippen LogP contribution in [0.5, 0.6) is 17.4 Å². The molecule has 0 aliphatic rings. The van der Waals surface area contributed by atoms with Crippen molar-refractivity contribution in [3.63, 3.8) is 0 Å². The zero-order valence-electron chi connectivity index (χ0n) is 20.7. The SMILES string of the molecule is CCCc1c(C=Cc2ccc(O[Si](C)(C)C(C)(C)C)c(OC)c2)nn(-c2ccccn2)c1O. The van der Waals surface area contributed by atoms with Gasteiger partial charge in [0, 0.05) is 11.8 Å². The number of ether oxygens (including phenoxy) is 1. The first-order valence-corrected chi connectivity index (χ1v) is 14.3. The highest BCUT2D eigenvalue weighted by molar-refractivity contribution is 6.74. The van der Waals surface area contributed by atoms with Crippen LogP contribution in [0.1, 0.15) is 50.9 Å². The van der Waals surface area contributed by atoms with E-state index >= 15 is 0 Å².